The van der Waals surface area contributed by atoms with E-state index in [4.69, 9.17) is 4.74 Å². The molecular formula is C21H33ClN6O3. The summed E-state index contributed by atoms with van der Waals surface area (Å²) in [6.07, 6.45) is 2.05. The number of para-hydroxylation sites is 1. The van der Waals surface area contributed by atoms with Crippen LogP contribution in [0.15, 0.2) is 35.1 Å². The number of benzene rings is 1. The van der Waals surface area contributed by atoms with Crippen LogP contribution in [-0.4, -0.2) is 69.5 Å². The zero-order valence-electron chi connectivity index (χ0n) is 18.6. The Bertz CT molecular complexity index is 877. The molecule has 1 aromatic heterocycles. The molecule has 0 saturated carbocycles. The number of carbonyl (C=O) groups is 1. The van der Waals surface area contributed by atoms with Gasteiger partial charge in [0.1, 0.15) is 0 Å². The van der Waals surface area contributed by atoms with Crippen LogP contribution in [0.2, 0.25) is 0 Å². The number of amides is 1. The molecule has 0 bridgehead atoms. The van der Waals surface area contributed by atoms with Gasteiger partial charge in [-0.15, -0.1) is 12.4 Å². The van der Waals surface area contributed by atoms with Crippen LogP contribution in [0.1, 0.15) is 33.1 Å². The minimum absolute atomic E-state index is 0. The Labute approximate surface area is 189 Å². The van der Waals surface area contributed by atoms with Gasteiger partial charge >= 0.3 is 5.69 Å². The fourth-order valence-corrected chi connectivity index (χ4v) is 4.19. The monoisotopic (exact) mass is 452 g/mol. The van der Waals surface area contributed by atoms with Gasteiger partial charge in [-0.25, -0.2) is 4.79 Å². The van der Waals surface area contributed by atoms with Gasteiger partial charge in [-0.3, -0.25) is 4.79 Å². The van der Waals surface area contributed by atoms with Crippen LogP contribution in [0.4, 0.5) is 5.69 Å². The highest BCUT2D eigenvalue weighted by molar-refractivity contribution is 5.94. The minimum atomic E-state index is -0.373. The lowest BCUT2D eigenvalue weighted by molar-refractivity contribution is -0.120. The SMILES string of the molecule is CCC(=O)N(c1ccccc1)C1(COC)CCN(CCn2nnn(CC)c2=O)CC1.Cl. The molecule has 1 fully saturated rings. The third-order valence-electron chi connectivity index (χ3n) is 5.87. The second kappa shape index (κ2) is 11.4. The molecule has 0 atom stereocenters. The number of nitrogens with zero attached hydrogens (tertiary/aromatic N) is 6. The highest BCUT2D eigenvalue weighted by Gasteiger charge is 2.42. The summed E-state index contributed by atoms with van der Waals surface area (Å²) in [5, 5.41) is 7.82. The van der Waals surface area contributed by atoms with Crippen LogP contribution < -0.4 is 10.6 Å². The van der Waals surface area contributed by atoms with E-state index >= 15 is 0 Å². The van der Waals surface area contributed by atoms with Crippen molar-refractivity contribution in [2.75, 3.05) is 38.3 Å². The molecule has 3 rings (SSSR count). The summed E-state index contributed by atoms with van der Waals surface area (Å²) >= 11 is 0. The maximum absolute atomic E-state index is 13.0. The summed E-state index contributed by atoms with van der Waals surface area (Å²) in [7, 11) is 1.69. The third kappa shape index (κ3) is 5.53. The van der Waals surface area contributed by atoms with Crippen LogP contribution in [0.3, 0.4) is 0 Å². The molecule has 2 heterocycles. The van der Waals surface area contributed by atoms with Gasteiger partial charge in [0.2, 0.25) is 5.91 Å². The number of tetrazole rings is 1. The van der Waals surface area contributed by atoms with Gasteiger partial charge in [0.25, 0.3) is 0 Å². The molecule has 2 aromatic rings. The zero-order chi connectivity index (χ0) is 21.6. The number of hydrogen-bond donors (Lipinski definition) is 0. The van der Waals surface area contributed by atoms with Crippen molar-refractivity contribution in [1.82, 2.24) is 24.7 Å². The van der Waals surface area contributed by atoms with E-state index in [-0.39, 0.29) is 29.5 Å². The molecule has 1 aromatic carbocycles. The normalized spacial score (nSPS) is 16.0. The first-order valence-corrected chi connectivity index (χ1v) is 10.6. The summed E-state index contributed by atoms with van der Waals surface area (Å²) in [4.78, 5) is 29.4. The Balaban J connectivity index is 0.00000341. The second-order valence-electron chi connectivity index (χ2n) is 7.72. The molecule has 10 heteroatoms. The predicted octanol–water partition coefficient (Wildman–Crippen LogP) is 1.81. The molecule has 1 amide bonds. The standard InChI is InChI=1S/C21H32N6O3.ClH/c1-4-19(28)27(18-9-7-6-8-10-18)21(17-30-3)11-13-24(14-12-21)15-16-26-20(29)25(5-2)22-23-26;/h6-10H,4-5,11-17H2,1-3H3;1H. The lowest BCUT2D eigenvalue weighted by Gasteiger charge is -2.48. The van der Waals surface area contributed by atoms with Crippen molar-refractivity contribution in [3.8, 4) is 0 Å². The van der Waals surface area contributed by atoms with E-state index in [0.29, 0.717) is 26.1 Å². The van der Waals surface area contributed by atoms with Crippen molar-refractivity contribution >= 4 is 24.0 Å². The first kappa shape index (κ1) is 25.0. The number of carbonyl (C=O) groups excluding carboxylic acids is 1. The highest BCUT2D eigenvalue weighted by Crippen LogP contribution is 2.34. The maximum Gasteiger partial charge on any atom is 0.363 e. The van der Waals surface area contributed by atoms with Crippen molar-refractivity contribution in [3.63, 3.8) is 0 Å². The van der Waals surface area contributed by atoms with Gasteiger partial charge in [-0.2, -0.15) is 9.36 Å². The summed E-state index contributed by atoms with van der Waals surface area (Å²) in [5.41, 5.74) is 0.367. The molecule has 9 nitrogen and oxygen atoms in total. The fraction of sp³-hybridized carbons (Fsp3) is 0.619. The van der Waals surface area contributed by atoms with Crippen molar-refractivity contribution in [3.05, 3.63) is 40.8 Å². The summed E-state index contributed by atoms with van der Waals surface area (Å²) < 4.78 is 8.37. The van der Waals surface area contributed by atoms with Crippen molar-refractivity contribution < 1.29 is 9.53 Å². The molecule has 1 aliphatic heterocycles. The van der Waals surface area contributed by atoms with Gasteiger partial charge in [0.15, 0.2) is 0 Å². The molecule has 172 valence electrons. The van der Waals surface area contributed by atoms with Gasteiger partial charge in [-0.05, 0) is 42.3 Å². The smallest absolute Gasteiger partial charge is 0.363 e. The molecule has 0 spiro atoms. The number of methoxy groups -OCH3 is 1. The van der Waals surface area contributed by atoms with Crippen LogP contribution in [-0.2, 0) is 22.6 Å². The number of anilines is 1. The minimum Gasteiger partial charge on any atom is -0.382 e. The molecule has 31 heavy (non-hydrogen) atoms. The number of ether oxygens (including phenoxy) is 1. The van der Waals surface area contributed by atoms with Crippen LogP contribution in [0.25, 0.3) is 0 Å². The third-order valence-corrected chi connectivity index (χ3v) is 5.87. The number of rotatable bonds is 9. The van der Waals surface area contributed by atoms with E-state index in [1.54, 1.807) is 7.11 Å². The summed E-state index contributed by atoms with van der Waals surface area (Å²) in [5.74, 6) is 0.106. The number of piperidine rings is 1. The van der Waals surface area contributed by atoms with E-state index in [0.717, 1.165) is 38.2 Å². The van der Waals surface area contributed by atoms with E-state index in [1.165, 1.54) is 9.36 Å². The summed E-state index contributed by atoms with van der Waals surface area (Å²) in [6, 6.07) is 9.85. The molecule has 1 saturated heterocycles. The molecular weight excluding hydrogens is 420 g/mol. The number of halogens is 1. The number of aromatic nitrogens is 4. The number of aryl methyl sites for hydroxylation is 1. The quantitative estimate of drug-likeness (QED) is 0.576. The lowest BCUT2D eigenvalue weighted by Crippen LogP contribution is -2.60. The van der Waals surface area contributed by atoms with Gasteiger partial charge in [-0.1, -0.05) is 25.1 Å². The van der Waals surface area contributed by atoms with Crippen LogP contribution in [0, 0.1) is 0 Å². The first-order chi connectivity index (χ1) is 14.5. The Morgan fingerprint density at radius 3 is 2.29 bits per heavy atom. The van der Waals surface area contributed by atoms with Crippen molar-refractivity contribution in [2.45, 2.75) is 51.7 Å². The first-order valence-electron chi connectivity index (χ1n) is 10.6. The predicted molar refractivity (Wildman–Crippen MR) is 122 cm³/mol. The maximum atomic E-state index is 13.0. The Kier molecular flexibility index (Phi) is 9.21. The molecule has 0 unspecified atom stereocenters. The number of likely N-dealkylation sites (tertiary alicyclic amines) is 1. The zero-order valence-corrected chi connectivity index (χ0v) is 19.4. The topological polar surface area (TPSA) is 85.5 Å². The Morgan fingerprint density at radius 1 is 1.10 bits per heavy atom. The van der Waals surface area contributed by atoms with Crippen molar-refractivity contribution in [1.29, 1.82) is 0 Å². The van der Waals surface area contributed by atoms with Gasteiger partial charge in [0.05, 0.1) is 18.7 Å². The van der Waals surface area contributed by atoms with Crippen molar-refractivity contribution in [2.24, 2.45) is 0 Å². The fourth-order valence-electron chi connectivity index (χ4n) is 4.19. The summed E-state index contributed by atoms with van der Waals surface area (Å²) in [6.45, 7) is 7.64. The van der Waals surface area contributed by atoms with Gasteiger partial charge < -0.3 is 14.5 Å². The average Bonchev–Trinajstić information content (AvgIpc) is 3.13. The molecule has 0 N–H and O–H groups in total. The largest absolute Gasteiger partial charge is 0.382 e. The number of hydrogen-bond acceptors (Lipinski definition) is 6. The van der Waals surface area contributed by atoms with E-state index < -0.39 is 0 Å². The van der Waals surface area contributed by atoms with E-state index in [9.17, 15) is 9.59 Å². The second-order valence-corrected chi connectivity index (χ2v) is 7.72. The Morgan fingerprint density at radius 2 is 1.74 bits per heavy atom. The molecule has 0 radical (unpaired) electrons. The Hall–Kier alpha value is -2.23. The highest BCUT2D eigenvalue weighted by atomic mass is 35.5. The van der Waals surface area contributed by atoms with Gasteiger partial charge in [0, 0.05) is 45.4 Å². The average molecular weight is 453 g/mol. The molecule has 1 aliphatic rings. The van der Waals surface area contributed by atoms with Crippen LogP contribution in [0.5, 0.6) is 0 Å². The van der Waals surface area contributed by atoms with E-state index in [1.807, 2.05) is 49.1 Å². The van der Waals surface area contributed by atoms with Crippen LogP contribution >= 0.6 is 12.4 Å². The molecule has 0 aliphatic carbocycles. The van der Waals surface area contributed by atoms with E-state index in [2.05, 4.69) is 15.3 Å². The lowest BCUT2D eigenvalue weighted by atomic mass is 9.85.